The molecule has 1 aliphatic carbocycles. The van der Waals surface area contributed by atoms with Gasteiger partial charge in [-0.25, -0.2) is 0 Å². The first-order chi connectivity index (χ1) is 7.54. The predicted octanol–water partition coefficient (Wildman–Crippen LogP) is 2.68. The molecule has 94 valence electrons. The Morgan fingerprint density at radius 2 is 2.25 bits per heavy atom. The van der Waals surface area contributed by atoms with Crippen molar-refractivity contribution in [3.8, 4) is 0 Å². The number of aliphatic hydroxyl groups excluding tert-OH is 1. The zero-order chi connectivity index (χ0) is 12.2. The molecule has 16 heavy (non-hydrogen) atoms. The normalized spacial score (nSPS) is 32.3. The molecule has 3 atom stereocenters. The molecular formula is C13H24O3. The summed E-state index contributed by atoms with van der Waals surface area (Å²) in [6.45, 7) is 4.16. The Hall–Kier alpha value is -0.570. The van der Waals surface area contributed by atoms with E-state index in [0.29, 0.717) is 12.3 Å². The molecular weight excluding hydrogens is 204 g/mol. The highest BCUT2D eigenvalue weighted by molar-refractivity contribution is 5.74. The highest BCUT2D eigenvalue weighted by atomic mass is 16.4. The lowest BCUT2D eigenvalue weighted by Gasteiger charge is -2.38. The quantitative estimate of drug-likeness (QED) is 0.760. The molecule has 1 fully saturated rings. The van der Waals surface area contributed by atoms with Crippen LogP contribution >= 0.6 is 0 Å². The molecule has 1 saturated carbocycles. The third-order valence-corrected chi connectivity index (χ3v) is 4.03. The Labute approximate surface area is 97.9 Å². The average molecular weight is 228 g/mol. The van der Waals surface area contributed by atoms with E-state index in [1.54, 1.807) is 0 Å². The van der Waals surface area contributed by atoms with Gasteiger partial charge in [-0.05, 0) is 31.1 Å². The standard InChI is InChI=1S/C13H24O3/c1-3-11-5-4-6-13(8-11,12(15)16)7-10(2)9-14/h10-11,14H,3-9H2,1-2H3,(H,15,16). The van der Waals surface area contributed by atoms with Crippen molar-refractivity contribution in [2.24, 2.45) is 17.3 Å². The lowest BCUT2D eigenvalue weighted by atomic mass is 9.65. The number of hydrogen-bond acceptors (Lipinski definition) is 2. The van der Waals surface area contributed by atoms with Crippen molar-refractivity contribution in [3.63, 3.8) is 0 Å². The van der Waals surface area contributed by atoms with Gasteiger partial charge in [0.05, 0.1) is 5.41 Å². The molecule has 0 radical (unpaired) electrons. The molecule has 1 aliphatic rings. The maximum atomic E-state index is 11.5. The number of aliphatic carboxylic acids is 1. The van der Waals surface area contributed by atoms with Crippen molar-refractivity contribution in [2.75, 3.05) is 6.61 Å². The van der Waals surface area contributed by atoms with Gasteiger partial charge in [0.1, 0.15) is 0 Å². The van der Waals surface area contributed by atoms with Gasteiger partial charge in [0, 0.05) is 6.61 Å². The zero-order valence-corrected chi connectivity index (χ0v) is 10.4. The first-order valence-corrected chi connectivity index (χ1v) is 6.38. The van der Waals surface area contributed by atoms with E-state index in [2.05, 4.69) is 6.92 Å². The molecule has 3 nitrogen and oxygen atoms in total. The summed E-state index contributed by atoms with van der Waals surface area (Å²) in [5, 5.41) is 18.6. The van der Waals surface area contributed by atoms with Crippen molar-refractivity contribution in [2.45, 2.75) is 52.4 Å². The highest BCUT2D eigenvalue weighted by Gasteiger charge is 2.43. The van der Waals surface area contributed by atoms with Crippen molar-refractivity contribution >= 4 is 5.97 Å². The van der Waals surface area contributed by atoms with Gasteiger partial charge in [-0.15, -0.1) is 0 Å². The van der Waals surface area contributed by atoms with Crippen molar-refractivity contribution < 1.29 is 15.0 Å². The summed E-state index contributed by atoms with van der Waals surface area (Å²) in [6.07, 6.45) is 5.45. The first kappa shape index (κ1) is 13.5. The summed E-state index contributed by atoms with van der Waals surface area (Å²) in [5.74, 6) is -0.0200. The van der Waals surface area contributed by atoms with Crippen LogP contribution in [-0.2, 0) is 4.79 Å². The van der Waals surface area contributed by atoms with Gasteiger partial charge >= 0.3 is 5.97 Å². The van der Waals surface area contributed by atoms with Gasteiger partial charge in [0.15, 0.2) is 0 Å². The van der Waals surface area contributed by atoms with Crippen LogP contribution in [0.1, 0.15) is 52.4 Å². The lowest BCUT2D eigenvalue weighted by Crippen LogP contribution is -2.38. The molecule has 3 heteroatoms. The molecule has 0 aromatic carbocycles. The summed E-state index contributed by atoms with van der Waals surface area (Å²) >= 11 is 0. The summed E-state index contributed by atoms with van der Waals surface area (Å²) in [5.41, 5.74) is -0.568. The van der Waals surface area contributed by atoms with Gasteiger partial charge in [-0.2, -0.15) is 0 Å². The van der Waals surface area contributed by atoms with Crippen LogP contribution in [0.4, 0.5) is 0 Å². The summed E-state index contributed by atoms with van der Waals surface area (Å²) in [6, 6.07) is 0. The van der Waals surface area contributed by atoms with Crippen molar-refractivity contribution in [1.29, 1.82) is 0 Å². The van der Waals surface area contributed by atoms with Gasteiger partial charge in [0.2, 0.25) is 0 Å². The number of carbonyl (C=O) groups is 1. The van der Waals surface area contributed by atoms with Gasteiger partial charge < -0.3 is 10.2 Å². The van der Waals surface area contributed by atoms with Crippen LogP contribution in [0.3, 0.4) is 0 Å². The minimum Gasteiger partial charge on any atom is -0.481 e. The second-order valence-electron chi connectivity index (χ2n) is 5.45. The summed E-state index contributed by atoms with van der Waals surface area (Å²) < 4.78 is 0. The Balaban J connectivity index is 2.75. The number of carboxylic acid groups (broad SMARTS) is 1. The van der Waals surface area contributed by atoms with Crippen molar-refractivity contribution in [3.05, 3.63) is 0 Å². The Kier molecular flexibility index (Phi) is 4.78. The third-order valence-electron chi connectivity index (χ3n) is 4.03. The first-order valence-electron chi connectivity index (χ1n) is 6.38. The van der Waals surface area contributed by atoms with Crippen LogP contribution < -0.4 is 0 Å². The maximum Gasteiger partial charge on any atom is 0.309 e. The van der Waals surface area contributed by atoms with E-state index in [4.69, 9.17) is 5.11 Å². The summed E-state index contributed by atoms with van der Waals surface area (Å²) in [4.78, 5) is 11.5. The molecule has 3 unspecified atom stereocenters. The monoisotopic (exact) mass is 228 g/mol. The van der Waals surface area contributed by atoms with Crippen LogP contribution in [0.15, 0.2) is 0 Å². The van der Waals surface area contributed by atoms with E-state index in [1.807, 2.05) is 6.92 Å². The average Bonchev–Trinajstić information content (AvgIpc) is 2.28. The molecule has 0 aromatic rings. The number of aliphatic hydroxyl groups is 1. The smallest absolute Gasteiger partial charge is 0.309 e. The van der Waals surface area contributed by atoms with E-state index in [0.717, 1.165) is 25.7 Å². The molecule has 1 rings (SSSR count). The minimum absolute atomic E-state index is 0.0891. The van der Waals surface area contributed by atoms with Crippen LogP contribution in [0.5, 0.6) is 0 Å². The lowest BCUT2D eigenvalue weighted by molar-refractivity contribution is -0.153. The van der Waals surface area contributed by atoms with Gasteiger partial charge in [-0.1, -0.05) is 33.1 Å². The Morgan fingerprint density at radius 3 is 2.75 bits per heavy atom. The second kappa shape index (κ2) is 5.67. The van der Waals surface area contributed by atoms with Crippen molar-refractivity contribution in [1.82, 2.24) is 0 Å². The molecule has 0 aromatic heterocycles. The summed E-state index contributed by atoms with van der Waals surface area (Å²) in [7, 11) is 0. The SMILES string of the molecule is CCC1CCCC(CC(C)CO)(C(=O)O)C1. The topological polar surface area (TPSA) is 57.5 Å². The van der Waals surface area contributed by atoms with E-state index in [-0.39, 0.29) is 12.5 Å². The third kappa shape index (κ3) is 2.97. The number of carboxylic acids is 1. The van der Waals surface area contributed by atoms with E-state index >= 15 is 0 Å². The zero-order valence-electron chi connectivity index (χ0n) is 10.4. The van der Waals surface area contributed by atoms with Crippen LogP contribution in [0.2, 0.25) is 0 Å². The van der Waals surface area contributed by atoms with Crippen LogP contribution in [0, 0.1) is 17.3 Å². The van der Waals surface area contributed by atoms with E-state index < -0.39 is 11.4 Å². The molecule has 0 aliphatic heterocycles. The number of rotatable bonds is 5. The minimum atomic E-state index is -0.661. The molecule has 0 heterocycles. The molecule has 2 N–H and O–H groups in total. The fourth-order valence-electron chi connectivity index (χ4n) is 3.03. The number of hydrogen-bond donors (Lipinski definition) is 2. The highest BCUT2D eigenvalue weighted by Crippen LogP contribution is 2.45. The maximum absolute atomic E-state index is 11.5. The largest absolute Gasteiger partial charge is 0.481 e. The molecule has 0 bridgehead atoms. The fourth-order valence-corrected chi connectivity index (χ4v) is 3.03. The second-order valence-corrected chi connectivity index (χ2v) is 5.45. The van der Waals surface area contributed by atoms with Gasteiger partial charge in [-0.3, -0.25) is 4.79 Å². The Bertz CT molecular complexity index is 235. The predicted molar refractivity (Wildman–Crippen MR) is 63.2 cm³/mol. The molecule has 0 amide bonds. The molecule has 0 saturated heterocycles. The van der Waals surface area contributed by atoms with E-state index in [1.165, 1.54) is 6.42 Å². The van der Waals surface area contributed by atoms with Crippen LogP contribution in [-0.4, -0.2) is 22.8 Å². The van der Waals surface area contributed by atoms with Crippen LogP contribution in [0.25, 0.3) is 0 Å². The fraction of sp³-hybridized carbons (Fsp3) is 0.923. The molecule has 0 spiro atoms. The Morgan fingerprint density at radius 1 is 1.56 bits per heavy atom. The van der Waals surface area contributed by atoms with E-state index in [9.17, 15) is 9.90 Å². The van der Waals surface area contributed by atoms with Gasteiger partial charge in [0.25, 0.3) is 0 Å².